The number of ether oxygens (including phenoxy) is 1. The van der Waals surface area contributed by atoms with Crippen LogP contribution in [0.3, 0.4) is 0 Å². The molecule has 0 radical (unpaired) electrons. The molecular weight excluding hydrogens is 400 g/mol. The second-order valence-corrected chi connectivity index (χ2v) is 7.20. The molecule has 1 aliphatic heterocycles. The fourth-order valence-corrected chi connectivity index (χ4v) is 3.49. The van der Waals surface area contributed by atoms with Crippen LogP contribution in [0.15, 0.2) is 84.6 Å². The number of carbonyl (C=O) groups is 2. The predicted molar refractivity (Wildman–Crippen MR) is 117 cm³/mol. The first-order chi connectivity index (χ1) is 14.6. The van der Waals surface area contributed by atoms with Gasteiger partial charge in [0.25, 0.3) is 11.8 Å². The summed E-state index contributed by atoms with van der Waals surface area (Å²) in [5, 5.41) is 3.68. The van der Waals surface area contributed by atoms with Gasteiger partial charge in [-0.2, -0.15) is 0 Å². The van der Waals surface area contributed by atoms with Crippen LogP contribution >= 0.6 is 11.6 Å². The van der Waals surface area contributed by atoms with E-state index in [1.807, 2.05) is 42.5 Å². The molecule has 1 N–H and O–H groups in total. The Morgan fingerprint density at radius 3 is 2.23 bits per heavy atom. The molecule has 0 aliphatic carbocycles. The molecule has 0 saturated heterocycles. The van der Waals surface area contributed by atoms with Crippen LogP contribution in [0.25, 0.3) is 5.57 Å². The van der Waals surface area contributed by atoms with Crippen molar-refractivity contribution < 1.29 is 14.3 Å². The minimum atomic E-state index is -0.389. The lowest BCUT2D eigenvalue weighted by atomic mass is 10.0. The number of nitrogens with one attached hydrogen (secondary N) is 1. The number of hydrogen-bond donors (Lipinski definition) is 1. The number of amides is 2. The molecule has 0 saturated carbocycles. The van der Waals surface area contributed by atoms with E-state index in [-0.39, 0.29) is 24.1 Å². The molecule has 1 aliphatic rings. The highest BCUT2D eigenvalue weighted by Gasteiger charge is 2.39. The predicted octanol–water partition coefficient (Wildman–Crippen LogP) is 4.74. The molecule has 150 valence electrons. The molecule has 0 spiro atoms. The summed E-state index contributed by atoms with van der Waals surface area (Å²) in [6, 6.07) is 23.5. The summed E-state index contributed by atoms with van der Waals surface area (Å²) in [4.78, 5) is 27.8. The van der Waals surface area contributed by atoms with Crippen LogP contribution in [0.5, 0.6) is 5.75 Å². The molecule has 3 aromatic rings. The zero-order valence-electron chi connectivity index (χ0n) is 16.3. The van der Waals surface area contributed by atoms with E-state index in [0.717, 1.165) is 5.56 Å². The second-order valence-electron chi connectivity index (χ2n) is 6.76. The maximum Gasteiger partial charge on any atom is 0.278 e. The molecule has 4 rings (SSSR count). The summed E-state index contributed by atoms with van der Waals surface area (Å²) in [5.74, 6) is -0.175. The van der Waals surface area contributed by atoms with Gasteiger partial charge in [-0.1, -0.05) is 66.2 Å². The maximum absolute atomic E-state index is 13.3. The first-order valence-electron chi connectivity index (χ1n) is 9.39. The lowest BCUT2D eigenvalue weighted by Crippen LogP contribution is -2.32. The number of anilines is 1. The average Bonchev–Trinajstić information content (AvgIpc) is 3.00. The van der Waals surface area contributed by atoms with Crippen molar-refractivity contribution in [1.29, 1.82) is 0 Å². The summed E-state index contributed by atoms with van der Waals surface area (Å²) in [6.45, 7) is 0.187. The van der Waals surface area contributed by atoms with Gasteiger partial charge >= 0.3 is 0 Å². The van der Waals surface area contributed by atoms with Gasteiger partial charge in [-0.05, 0) is 35.4 Å². The SMILES string of the molecule is COc1ccccc1NC1=C(c2ccc(Cl)cc2)C(=O)N(Cc2ccccc2)C1=O. The van der Waals surface area contributed by atoms with Crippen LogP contribution in [0.2, 0.25) is 5.02 Å². The molecule has 2 amide bonds. The van der Waals surface area contributed by atoms with E-state index >= 15 is 0 Å². The zero-order valence-corrected chi connectivity index (χ0v) is 17.0. The van der Waals surface area contributed by atoms with Gasteiger partial charge in [0, 0.05) is 5.02 Å². The Hall–Kier alpha value is -3.57. The summed E-state index contributed by atoms with van der Waals surface area (Å²) >= 11 is 6.01. The highest BCUT2D eigenvalue weighted by Crippen LogP contribution is 2.34. The first-order valence-corrected chi connectivity index (χ1v) is 9.76. The standard InChI is InChI=1S/C24H19ClN2O3/c1-30-20-10-6-5-9-19(20)26-22-21(17-11-13-18(25)14-12-17)23(28)27(24(22)29)15-16-7-3-2-4-8-16/h2-14,26H,15H2,1H3. The van der Waals surface area contributed by atoms with Crippen LogP contribution in [0.1, 0.15) is 11.1 Å². The van der Waals surface area contributed by atoms with E-state index in [1.165, 1.54) is 4.90 Å². The molecule has 30 heavy (non-hydrogen) atoms. The third-order valence-electron chi connectivity index (χ3n) is 4.85. The highest BCUT2D eigenvalue weighted by molar-refractivity contribution is 6.36. The molecule has 0 atom stereocenters. The van der Waals surface area contributed by atoms with Gasteiger partial charge in [0.1, 0.15) is 11.4 Å². The fourth-order valence-electron chi connectivity index (χ4n) is 3.37. The number of hydrogen-bond acceptors (Lipinski definition) is 4. The minimum Gasteiger partial charge on any atom is -0.495 e. The minimum absolute atomic E-state index is 0.187. The lowest BCUT2D eigenvalue weighted by Gasteiger charge is -2.16. The molecule has 0 aromatic heterocycles. The number of rotatable bonds is 6. The van der Waals surface area contributed by atoms with E-state index in [9.17, 15) is 9.59 Å². The molecule has 0 unspecified atom stereocenters. The van der Waals surface area contributed by atoms with Crippen molar-refractivity contribution in [1.82, 2.24) is 4.90 Å². The van der Waals surface area contributed by atoms with Gasteiger partial charge in [0.05, 0.1) is 24.9 Å². The molecule has 3 aromatic carbocycles. The van der Waals surface area contributed by atoms with E-state index in [0.29, 0.717) is 27.6 Å². The summed E-state index contributed by atoms with van der Waals surface area (Å²) in [7, 11) is 1.55. The first kappa shape index (κ1) is 19.7. The molecule has 0 bridgehead atoms. The number of methoxy groups -OCH3 is 1. The van der Waals surface area contributed by atoms with Crippen molar-refractivity contribution >= 4 is 34.7 Å². The Labute approximate surface area is 179 Å². The fraction of sp³-hybridized carbons (Fsp3) is 0.0833. The Balaban J connectivity index is 1.77. The molecule has 5 nitrogen and oxygen atoms in total. The number of carbonyl (C=O) groups excluding carboxylic acids is 2. The summed E-state index contributed by atoms with van der Waals surface area (Å²) < 4.78 is 5.38. The van der Waals surface area contributed by atoms with Gasteiger partial charge < -0.3 is 10.1 Å². The third-order valence-corrected chi connectivity index (χ3v) is 5.10. The van der Waals surface area contributed by atoms with Crippen LogP contribution in [-0.2, 0) is 16.1 Å². The van der Waals surface area contributed by atoms with Crippen LogP contribution in [0.4, 0.5) is 5.69 Å². The molecular formula is C24H19ClN2O3. The monoisotopic (exact) mass is 418 g/mol. The van der Waals surface area contributed by atoms with Crippen molar-refractivity contribution in [2.24, 2.45) is 0 Å². The normalized spacial score (nSPS) is 13.7. The Morgan fingerprint density at radius 2 is 1.53 bits per heavy atom. The molecule has 0 fully saturated rings. The van der Waals surface area contributed by atoms with Crippen LogP contribution < -0.4 is 10.1 Å². The molecule has 1 heterocycles. The number of nitrogens with zero attached hydrogens (tertiary/aromatic N) is 1. The van der Waals surface area contributed by atoms with Gasteiger partial charge in [0.2, 0.25) is 0 Å². The molecule has 6 heteroatoms. The number of para-hydroxylation sites is 2. The van der Waals surface area contributed by atoms with Crippen molar-refractivity contribution in [3.63, 3.8) is 0 Å². The van der Waals surface area contributed by atoms with Crippen molar-refractivity contribution in [2.45, 2.75) is 6.54 Å². The smallest absolute Gasteiger partial charge is 0.278 e. The number of halogens is 1. The number of benzene rings is 3. The van der Waals surface area contributed by atoms with Crippen LogP contribution in [0, 0.1) is 0 Å². The maximum atomic E-state index is 13.3. The van der Waals surface area contributed by atoms with Crippen molar-refractivity contribution in [3.8, 4) is 5.75 Å². The van der Waals surface area contributed by atoms with Crippen LogP contribution in [-0.4, -0.2) is 23.8 Å². The second kappa shape index (κ2) is 8.43. The lowest BCUT2D eigenvalue weighted by molar-refractivity contribution is -0.137. The quantitative estimate of drug-likeness (QED) is 0.587. The Kier molecular flexibility index (Phi) is 5.55. The van der Waals surface area contributed by atoms with E-state index in [4.69, 9.17) is 16.3 Å². The highest BCUT2D eigenvalue weighted by atomic mass is 35.5. The zero-order chi connectivity index (χ0) is 21.1. The van der Waals surface area contributed by atoms with E-state index in [2.05, 4.69) is 5.32 Å². The van der Waals surface area contributed by atoms with Crippen molar-refractivity contribution in [2.75, 3.05) is 12.4 Å². The van der Waals surface area contributed by atoms with Gasteiger partial charge in [-0.15, -0.1) is 0 Å². The average molecular weight is 419 g/mol. The largest absolute Gasteiger partial charge is 0.495 e. The third kappa shape index (κ3) is 3.80. The van der Waals surface area contributed by atoms with Crippen molar-refractivity contribution in [3.05, 3.63) is 101 Å². The van der Waals surface area contributed by atoms with Gasteiger partial charge in [0.15, 0.2) is 0 Å². The Morgan fingerprint density at radius 1 is 0.867 bits per heavy atom. The van der Waals surface area contributed by atoms with E-state index in [1.54, 1.807) is 43.5 Å². The summed E-state index contributed by atoms with van der Waals surface area (Å²) in [6.07, 6.45) is 0. The topological polar surface area (TPSA) is 58.6 Å². The Bertz CT molecular complexity index is 1120. The number of imide groups is 1. The van der Waals surface area contributed by atoms with E-state index < -0.39 is 0 Å². The van der Waals surface area contributed by atoms with Gasteiger partial charge in [-0.25, -0.2) is 0 Å². The van der Waals surface area contributed by atoms with Gasteiger partial charge in [-0.3, -0.25) is 14.5 Å². The summed E-state index contributed by atoms with van der Waals surface area (Å²) in [5.41, 5.74) is 2.60.